The summed E-state index contributed by atoms with van der Waals surface area (Å²) < 4.78 is 39.2. The Morgan fingerprint density at radius 3 is 2.04 bits per heavy atom. The third-order valence-electron chi connectivity index (χ3n) is 8.07. The largest absolute Gasteiger partial charge is 0.463 e. The third-order valence-corrected chi connectivity index (χ3v) is 8.07. The van der Waals surface area contributed by atoms with Crippen LogP contribution in [-0.4, -0.2) is 89.9 Å². The molecule has 55 heavy (non-hydrogen) atoms. The number of anilines is 1. The first kappa shape index (κ1) is 41.8. The molecule has 1 fully saturated rings. The first-order valence-corrected chi connectivity index (χ1v) is 17.6. The molecule has 5 atom stereocenters. The Hall–Kier alpha value is -5.97. The summed E-state index contributed by atoms with van der Waals surface area (Å²) in [7, 11) is 0. The van der Waals surface area contributed by atoms with Gasteiger partial charge in [0, 0.05) is 64.0 Å². The molecule has 1 aliphatic rings. The zero-order chi connectivity index (χ0) is 40.1. The van der Waals surface area contributed by atoms with Gasteiger partial charge in [-0.05, 0) is 29.2 Å². The van der Waals surface area contributed by atoms with E-state index in [0.717, 1.165) is 37.6 Å². The molecule has 1 saturated heterocycles. The summed E-state index contributed by atoms with van der Waals surface area (Å²) >= 11 is 0. The van der Waals surface area contributed by atoms with Gasteiger partial charge in [0.05, 0.1) is 0 Å². The Bertz CT molecular complexity index is 1800. The second-order valence-electron chi connectivity index (χ2n) is 12.9. The average Bonchev–Trinajstić information content (AvgIpc) is 3.51. The van der Waals surface area contributed by atoms with Crippen LogP contribution in [0.25, 0.3) is 0 Å². The molecule has 1 aliphatic heterocycles. The Morgan fingerprint density at radius 2 is 1.42 bits per heavy atom. The van der Waals surface area contributed by atoms with Gasteiger partial charge in [0.1, 0.15) is 19.3 Å². The molecule has 3 aromatic rings. The van der Waals surface area contributed by atoms with Crippen LogP contribution >= 0.6 is 0 Å². The second-order valence-corrected chi connectivity index (χ2v) is 12.9. The van der Waals surface area contributed by atoms with E-state index in [1.807, 2.05) is 56.3 Å². The van der Waals surface area contributed by atoms with Crippen LogP contribution in [0.4, 0.5) is 10.5 Å². The molecule has 0 spiro atoms. The molecule has 4 rings (SSSR count). The fourth-order valence-corrected chi connectivity index (χ4v) is 5.69. The number of aromatic amines is 1. The normalized spacial score (nSPS) is 19.1. The maximum Gasteiger partial charge on any atom is 0.407 e. The number of carbonyl (C=O) groups excluding carboxylic acids is 6. The molecule has 2 amide bonds. The third kappa shape index (κ3) is 12.8. The van der Waals surface area contributed by atoms with Crippen LogP contribution < -0.4 is 15.4 Å². The molecular weight excluding hydrogens is 720 g/mol. The molecule has 0 bridgehead atoms. The standard InChI is InChI=1S/C38H46N4O13/c1-21(2)32-29(18-26-12-14-28(15-13-26)40-31(47)16-17-39-38(48)50-19-27-10-8-7-9-11-27)36(42-41-32)55-37-35(53-25(6)46)34(52-24(5)45)33(51-23(4)44)30(54-37)20-49-22(3)43/h7-15,21,30,33-35,37H,16-20H2,1-6H3,(H,39,48)(H,40,47)(H,41,42)/t30-,33-,34+,35-,37+/m1/s1. The molecule has 0 unspecified atom stereocenters. The number of nitrogens with zero attached hydrogens (tertiary/aromatic N) is 1. The van der Waals surface area contributed by atoms with Gasteiger partial charge in [-0.15, -0.1) is 5.10 Å². The number of nitrogens with one attached hydrogen (secondary N) is 3. The number of carbonyl (C=O) groups is 6. The minimum absolute atomic E-state index is 0.0227. The van der Waals surface area contributed by atoms with Crippen molar-refractivity contribution in [3.63, 3.8) is 0 Å². The first-order chi connectivity index (χ1) is 26.2. The lowest BCUT2D eigenvalue weighted by molar-refractivity contribution is -0.289. The Balaban J connectivity index is 1.47. The van der Waals surface area contributed by atoms with Crippen LogP contribution in [-0.2, 0) is 65.4 Å². The minimum Gasteiger partial charge on any atom is -0.463 e. The minimum atomic E-state index is -1.47. The lowest BCUT2D eigenvalue weighted by Gasteiger charge is -2.43. The van der Waals surface area contributed by atoms with Crippen molar-refractivity contribution in [3.05, 3.63) is 77.0 Å². The fourth-order valence-electron chi connectivity index (χ4n) is 5.69. The van der Waals surface area contributed by atoms with Gasteiger partial charge in [-0.2, -0.15) is 0 Å². The van der Waals surface area contributed by atoms with Crippen LogP contribution in [0.1, 0.15) is 76.3 Å². The van der Waals surface area contributed by atoms with E-state index < -0.39 is 67.3 Å². The molecule has 0 aliphatic carbocycles. The summed E-state index contributed by atoms with van der Waals surface area (Å²) in [6.07, 6.45) is -7.17. The number of esters is 4. The van der Waals surface area contributed by atoms with Crippen LogP contribution in [0, 0.1) is 0 Å². The molecule has 17 heteroatoms. The highest BCUT2D eigenvalue weighted by molar-refractivity contribution is 5.91. The quantitative estimate of drug-likeness (QED) is 0.139. The van der Waals surface area contributed by atoms with Gasteiger partial charge in [0.15, 0.2) is 12.2 Å². The van der Waals surface area contributed by atoms with Crippen LogP contribution in [0.5, 0.6) is 5.88 Å². The highest BCUT2D eigenvalue weighted by atomic mass is 16.7. The lowest BCUT2D eigenvalue weighted by Crippen LogP contribution is -2.63. The summed E-state index contributed by atoms with van der Waals surface area (Å²) in [5.74, 6) is -3.22. The molecule has 2 heterocycles. The average molecular weight is 767 g/mol. The van der Waals surface area contributed by atoms with Crippen LogP contribution in [0.15, 0.2) is 54.6 Å². The van der Waals surface area contributed by atoms with Crippen molar-refractivity contribution in [3.8, 4) is 5.88 Å². The zero-order valence-electron chi connectivity index (χ0n) is 31.5. The van der Waals surface area contributed by atoms with Gasteiger partial charge in [0.2, 0.25) is 24.2 Å². The molecule has 0 radical (unpaired) electrons. The van der Waals surface area contributed by atoms with E-state index in [1.54, 1.807) is 12.1 Å². The van der Waals surface area contributed by atoms with Gasteiger partial charge < -0.3 is 43.8 Å². The summed E-state index contributed by atoms with van der Waals surface area (Å²) in [5, 5.41) is 12.7. The Labute approximate surface area is 317 Å². The van der Waals surface area contributed by atoms with Crippen molar-refractivity contribution in [2.75, 3.05) is 18.5 Å². The topological polar surface area (TPSA) is 220 Å². The lowest BCUT2D eigenvalue weighted by atomic mass is 9.97. The SMILES string of the molecule is CC(=O)OC[C@H]1O[C@@H](Oc2n[nH]c(C(C)C)c2Cc2ccc(NC(=O)CCNC(=O)OCc3ccccc3)cc2)[C@H](OC(C)=O)[C@@H](OC(C)=O)[C@@H]1OC(C)=O. The van der Waals surface area contributed by atoms with Crippen LogP contribution in [0.2, 0.25) is 0 Å². The maximum absolute atomic E-state index is 12.6. The number of hydrogen-bond acceptors (Lipinski definition) is 14. The van der Waals surface area contributed by atoms with E-state index in [9.17, 15) is 28.8 Å². The number of alkyl carbamates (subject to hydrolysis) is 1. The zero-order valence-corrected chi connectivity index (χ0v) is 31.5. The van der Waals surface area contributed by atoms with Gasteiger partial charge in [-0.1, -0.05) is 56.3 Å². The molecular formula is C38H46N4O13. The molecule has 1 aromatic heterocycles. The van der Waals surface area contributed by atoms with Gasteiger partial charge in [-0.3, -0.25) is 29.1 Å². The molecule has 17 nitrogen and oxygen atoms in total. The van der Waals surface area contributed by atoms with Crippen molar-refractivity contribution >= 4 is 41.6 Å². The molecule has 296 valence electrons. The summed E-state index contributed by atoms with van der Waals surface area (Å²) in [6, 6.07) is 16.3. The number of rotatable bonds is 16. The maximum atomic E-state index is 12.6. The van der Waals surface area contributed by atoms with E-state index in [0.29, 0.717) is 17.7 Å². The second kappa shape index (κ2) is 19.9. The van der Waals surface area contributed by atoms with Gasteiger partial charge >= 0.3 is 30.0 Å². The van der Waals surface area contributed by atoms with E-state index in [4.69, 9.17) is 33.2 Å². The molecule has 0 saturated carbocycles. The van der Waals surface area contributed by atoms with Crippen LogP contribution in [0.3, 0.4) is 0 Å². The number of amides is 2. The predicted octanol–water partition coefficient (Wildman–Crippen LogP) is 3.84. The summed E-state index contributed by atoms with van der Waals surface area (Å²) in [4.78, 5) is 72.9. The van der Waals surface area contributed by atoms with E-state index >= 15 is 0 Å². The number of H-pyrrole nitrogens is 1. The first-order valence-electron chi connectivity index (χ1n) is 17.6. The highest BCUT2D eigenvalue weighted by Gasteiger charge is 2.53. The van der Waals surface area contributed by atoms with Crippen molar-refractivity contribution in [2.24, 2.45) is 0 Å². The van der Waals surface area contributed by atoms with Crippen molar-refractivity contribution in [1.82, 2.24) is 15.5 Å². The number of benzene rings is 2. The van der Waals surface area contributed by atoms with Gasteiger partial charge in [0.25, 0.3) is 0 Å². The molecule has 2 aromatic carbocycles. The Kier molecular flexibility index (Phi) is 15.1. The smallest absolute Gasteiger partial charge is 0.407 e. The van der Waals surface area contributed by atoms with Crippen molar-refractivity contribution in [1.29, 1.82) is 0 Å². The number of hydrogen-bond donors (Lipinski definition) is 3. The number of ether oxygens (including phenoxy) is 7. The van der Waals surface area contributed by atoms with Crippen molar-refractivity contribution in [2.45, 2.75) is 97.6 Å². The van der Waals surface area contributed by atoms with E-state index in [-0.39, 0.29) is 37.3 Å². The number of aromatic nitrogens is 2. The highest BCUT2D eigenvalue weighted by Crippen LogP contribution is 2.34. The summed E-state index contributed by atoms with van der Waals surface area (Å²) in [5.41, 5.74) is 3.55. The molecule has 3 N–H and O–H groups in total. The van der Waals surface area contributed by atoms with E-state index in [1.165, 1.54) is 6.92 Å². The van der Waals surface area contributed by atoms with Crippen molar-refractivity contribution < 1.29 is 61.9 Å². The Morgan fingerprint density at radius 1 is 0.782 bits per heavy atom. The van der Waals surface area contributed by atoms with E-state index in [2.05, 4.69) is 20.8 Å². The summed E-state index contributed by atoms with van der Waals surface area (Å²) in [6.45, 7) is 8.26. The fraction of sp³-hybridized carbons (Fsp3) is 0.447. The predicted molar refractivity (Wildman–Crippen MR) is 192 cm³/mol. The van der Waals surface area contributed by atoms with Gasteiger partial charge in [-0.25, -0.2) is 4.79 Å². The monoisotopic (exact) mass is 766 g/mol.